The zero-order valence-corrected chi connectivity index (χ0v) is 13.8. The molecule has 1 unspecified atom stereocenters. The average Bonchev–Trinajstić information content (AvgIpc) is 2.50. The lowest BCUT2D eigenvalue weighted by Gasteiger charge is -2.33. The van der Waals surface area contributed by atoms with Crippen LogP contribution in [0.25, 0.3) is 0 Å². The number of carbonyl (C=O) groups is 1. The Morgan fingerprint density at radius 1 is 1.45 bits per heavy atom. The second kappa shape index (κ2) is 8.08. The second-order valence-electron chi connectivity index (χ2n) is 5.84. The zero-order chi connectivity index (χ0) is 15.9. The van der Waals surface area contributed by atoms with Crippen molar-refractivity contribution in [2.24, 2.45) is 5.92 Å². The van der Waals surface area contributed by atoms with Gasteiger partial charge in [-0.25, -0.2) is 9.97 Å². The molecule has 1 amide bonds. The molecule has 2 rings (SSSR count). The number of piperidine rings is 1. The molecule has 0 spiro atoms. The molecule has 1 aliphatic heterocycles. The van der Waals surface area contributed by atoms with Gasteiger partial charge in [-0.2, -0.15) is 0 Å². The summed E-state index contributed by atoms with van der Waals surface area (Å²) in [6.45, 7) is 6.91. The third kappa shape index (κ3) is 4.66. The van der Waals surface area contributed by atoms with E-state index >= 15 is 0 Å². The van der Waals surface area contributed by atoms with Gasteiger partial charge in [-0.1, -0.05) is 0 Å². The lowest BCUT2D eigenvalue weighted by atomic mass is 9.97. The number of ether oxygens (including phenoxy) is 1. The number of rotatable bonds is 6. The summed E-state index contributed by atoms with van der Waals surface area (Å²) in [7, 11) is 1.67. The van der Waals surface area contributed by atoms with E-state index in [9.17, 15) is 4.79 Å². The SMILES string of the molecule is COCCCNC(=O)C1CCCN(c2cc(C)nc(C)n2)C1. The molecule has 1 N–H and O–H groups in total. The molecule has 1 atom stereocenters. The van der Waals surface area contributed by atoms with Crippen LogP contribution < -0.4 is 10.2 Å². The molecule has 122 valence electrons. The highest BCUT2D eigenvalue weighted by molar-refractivity contribution is 5.79. The first-order valence-corrected chi connectivity index (χ1v) is 7.94. The van der Waals surface area contributed by atoms with Crippen molar-refractivity contribution in [1.29, 1.82) is 0 Å². The number of hydrogen-bond acceptors (Lipinski definition) is 5. The van der Waals surface area contributed by atoms with Crippen LogP contribution >= 0.6 is 0 Å². The quantitative estimate of drug-likeness (QED) is 0.806. The maximum Gasteiger partial charge on any atom is 0.224 e. The van der Waals surface area contributed by atoms with Crippen LogP contribution in [0.5, 0.6) is 0 Å². The highest BCUT2D eigenvalue weighted by atomic mass is 16.5. The number of carbonyl (C=O) groups excluding carboxylic acids is 1. The predicted molar refractivity (Wildman–Crippen MR) is 85.9 cm³/mol. The number of amides is 1. The molecule has 1 aromatic heterocycles. The third-order valence-corrected chi connectivity index (χ3v) is 3.89. The smallest absolute Gasteiger partial charge is 0.224 e. The Balaban J connectivity index is 1.92. The van der Waals surface area contributed by atoms with E-state index in [1.165, 1.54) is 0 Å². The maximum atomic E-state index is 12.3. The molecule has 0 bridgehead atoms. The summed E-state index contributed by atoms with van der Waals surface area (Å²) in [6.07, 6.45) is 2.80. The fourth-order valence-electron chi connectivity index (χ4n) is 2.83. The van der Waals surface area contributed by atoms with Gasteiger partial charge in [0.2, 0.25) is 5.91 Å². The summed E-state index contributed by atoms with van der Waals surface area (Å²) in [4.78, 5) is 23.3. The van der Waals surface area contributed by atoms with Crippen LogP contribution in [0.2, 0.25) is 0 Å². The molecule has 0 aliphatic carbocycles. The molecular formula is C16H26N4O2. The molecule has 0 radical (unpaired) electrons. The minimum atomic E-state index is 0.0341. The highest BCUT2D eigenvalue weighted by Gasteiger charge is 2.26. The molecule has 1 aliphatic rings. The van der Waals surface area contributed by atoms with Gasteiger partial charge < -0.3 is 15.0 Å². The number of aromatic nitrogens is 2. The van der Waals surface area contributed by atoms with Gasteiger partial charge in [0.25, 0.3) is 0 Å². The third-order valence-electron chi connectivity index (χ3n) is 3.89. The van der Waals surface area contributed by atoms with E-state index in [1.807, 2.05) is 19.9 Å². The van der Waals surface area contributed by atoms with Crippen LogP contribution in [0.3, 0.4) is 0 Å². The summed E-state index contributed by atoms with van der Waals surface area (Å²) in [5, 5.41) is 3.00. The Labute approximate surface area is 132 Å². The summed E-state index contributed by atoms with van der Waals surface area (Å²) < 4.78 is 4.99. The summed E-state index contributed by atoms with van der Waals surface area (Å²) >= 11 is 0. The summed E-state index contributed by atoms with van der Waals surface area (Å²) in [6, 6.07) is 1.99. The van der Waals surface area contributed by atoms with Crippen LogP contribution in [0, 0.1) is 19.8 Å². The Hall–Kier alpha value is -1.69. The summed E-state index contributed by atoms with van der Waals surface area (Å²) in [5.41, 5.74) is 0.966. The summed E-state index contributed by atoms with van der Waals surface area (Å²) in [5.74, 6) is 1.89. The lowest BCUT2D eigenvalue weighted by molar-refractivity contribution is -0.125. The van der Waals surface area contributed by atoms with Gasteiger partial charge in [0.1, 0.15) is 11.6 Å². The van der Waals surface area contributed by atoms with Gasteiger partial charge in [0.05, 0.1) is 5.92 Å². The van der Waals surface area contributed by atoms with Gasteiger partial charge >= 0.3 is 0 Å². The molecule has 0 aromatic carbocycles. The fourth-order valence-corrected chi connectivity index (χ4v) is 2.83. The minimum Gasteiger partial charge on any atom is -0.385 e. The van der Waals surface area contributed by atoms with Crippen LogP contribution in [0.4, 0.5) is 5.82 Å². The standard InChI is InChI=1S/C16H26N4O2/c1-12-10-15(19-13(2)18-12)20-8-4-6-14(11-20)16(21)17-7-5-9-22-3/h10,14H,4-9,11H2,1-3H3,(H,17,21). The molecule has 0 saturated carbocycles. The van der Waals surface area contributed by atoms with Gasteiger partial charge in [0, 0.05) is 45.1 Å². The number of anilines is 1. The molecule has 22 heavy (non-hydrogen) atoms. The molecular weight excluding hydrogens is 280 g/mol. The fraction of sp³-hybridized carbons (Fsp3) is 0.688. The number of aryl methyl sites for hydroxylation is 2. The maximum absolute atomic E-state index is 12.3. The van der Waals surface area contributed by atoms with E-state index in [0.29, 0.717) is 13.2 Å². The number of nitrogens with zero attached hydrogens (tertiary/aromatic N) is 3. The number of nitrogens with one attached hydrogen (secondary N) is 1. The normalized spacial score (nSPS) is 18.3. The van der Waals surface area contributed by atoms with Crippen molar-refractivity contribution in [1.82, 2.24) is 15.3 Å². The van der Waals surface area contributed by atoms with Gasteiger partial charge in [0.15, 0.2) is 0 Å². The van der Waals surface area contributed by atoms with Crippen molar-refractivity contribution < 1.29 is 9.53 Å². The van der Waals surface area contributed by atoms with Gasteiger partial charge in [-0.05, 0) is 33.1 Å². The lowest BCUT2D eigenvalue weighted by Crippen LogP contribution is -2.43. The van der Waals surface area contributed by atoms with E-state index in [2.05, 4.69) is 20.2 Å². The van der Waals surface area contributed by atoms with E-state index in [0.717, 1.165) is 49.7 Å². The van der Waals surface area contributed by atoms with E-state index in [-0.39, 0.29) is 11.8 Å². The van der Waals surface area contributed by atoms with Crippen molar-refractivity contribution in [2.75, 3.05) is 38.3 Å². The van der Waals surface area contributed by atoms with Gasteiger partial charge in [-0.3, -0.25) is 4.79 Å². The van der Waals surface area contributed by atoms with Crippen LogP contribution in [0.1, 0.15) is 30.8 Å². The molecule has 6 nitrogen and oxygen atoms in total. The average molecular weight is 306 g/mol. The first-order chi connectivity index (χ1) is 10.6. The Bertz CT molecular complexity index is 487. The molecule has 1 fully saturated rings. The first-order valence-electron chi connectivity index (χ1n) is 7.94. The zero-order valence-electron chi connectivity index (χ0n) is 13.8. The monoisotopic (exact) mass is 306 g/mol. The Morgan fingerprint density at radius 2 is 2.27 bits per heavy atom. The van der Waals surface area contributed by atoms with Crippen LogP contribution in [0.15, 0.2) is 6.07 Å². The Kier molecular flexibility index (Phi) is 6.12. The first kappa shape index (κ1) is 16.7. The molecule has 6 heteroatoms. The largest absolute Gasteiger partial charge is 0.385 e. The van der Waals surface area contributed by atoms with Crippen LogP contribution in [-0.4, -0.2) is 49.2 Å². The van der Waals surface area contributed by atoms with Crippen molar-refractivity contribution in [3.63, 3.8) is 0 Å². The number of hydrogen-bond donors (Lipinski definition) is 1. The Morgan fingerprint density at radius 3 is 3.00 bits per heavy atom. The molecule has 2 heterocycles. The second-order valence-corrected chi connectivity index (χ2v) is 5.84. The van der Waals surface area contributed by atoms with E-state index in [4.69, 9.17) is 4.74 Å². The molecule has 1 saturated heterocycles. The highest BCUT2D eigenvalue weighted by Crippen LogP contribution is 2.22. The van der Waals surface area contributed by atoms with Crippen molar-refractivity contribution in [3.8, 4) is 0 Å². The van der Waals surface area contributed by atoms with Gasteiger partial charge in [-0.15, -0.1) is 0 Å². The van der Waals surface area contributed by atoms with Crippen molar-refractivity contribution in [2.45, 2.75) is 33.1 Å². The predicted octanol–water partition coefficient (Wildman–Crippen LogP) is 1.46. The molecule has 1 aromatic rings. The van der Waals surface area contributed by atoms with Crippen molar-refractivity contribution in [3.05, 3.63) is 17.6 Å². The minimum absolute atomic E-state index is 0.0341. The van der Waals surface area contributed by atoms with Crippen molar-refractivity contribution >= 4 is 11.7 Å². The van der Waals surface area contributed by atoms with Crippen LogP contribution in [-0.2, 0) is 9.53 Å². The van der Waals surface area contributed by atoms with E-state index in [1.54, 1.807) is 7.11 Å². The topological polar surface area (TPSA) is 67.3 Å². The van der Waals surface area contributed by atoms with E-state index < -0.39 is 0 Å². The number of methoxy groups -OCH3 is 1.